The van der Waals surface area contributed by atoms with Gasteiger partial charge in [0.2, 0.25) is 0 Å². The van der Waals surface area contributed by atoms with Gasteiger partial charge >= 0.3 is 0 Å². The maximum Gasteiger partial charge on any atom is 0.260 e. The molecule has 0 unspecified atom stereocenters. The minimum absolute atomic E-state index is 0.203. The van der Waals surface area contributed by atoms with Crippen molar-refractivity contribution in [2.75, 3.05) is 4.90 Å². The van der Waals surface area contributed by atoms with E-state index in [1.807, 2.05) is 51.1 Å². The second-order valence-corrected chi connectivity index (χ2v) is 7.39. The van der Waals surface area contributed by atoms with Gasteiger partial charge in [0.15, 0.2) is 5.82 Å². The smallest absolute Gasteiger partial charge is 0.260 e. The summed E-state index contributed by atoms with van der Waals surface area (Å²) in [5.74, 6) is 0.817. The van der Waals surface area contributed by atoms with Gasteiger partial charge in [-0.05, 0) is 51.1 Å². The van der Waals surface area contributed by atoms with E-state index in [4.69, 9.17) is 11.6 Å². The molecule has 0 bridgehead atoms. The minimum atomic E-state index is -0.209. The third kappa shape index (κ3) is 3.84. The van der Waals surface area contributed by atoms with Gasteiger partial charge in [0.1, 0.15) is 0 Å². The summed E-state index contributed by atoms with van der Waals surface area (Å²) in [4.78, 5) is 24.0. The fourth-order valence-corrected chi connectivity index (χ4v) is 3.42. The number of hydrogen-bond acceptors (Lipinski definition) is 4. The maximum absolute atomic E-state index is 13.4. The van der Waals surface area contributed by atoms with Crippen molar-refractivity contribution in [3.8, 4) is 0 Å². The zero-order valence-corrected chi connectivity index (χ0v) is 17.2. The Morgan fingerprint density at radius 1 is 1.03 bits per heavy atom. The molecule has 0 radical (unpaired) electrons. The number of hydrogen-bond donors (Lipinski definition) is 0. The molecule has 0 saturated heterocycles. The summed E-state index contributed by atoms with van der Waals surface area (Å²) in [5.41, 5.74) is 4.10. The standard InChI is InChI=1S/C22H20ClN5O/c1-14-8-10-17(11-9-14)27(21(29)18-6-4-5-7-19(18)23)13-20-25-22-24-15(2)12-16(3)28(22)26-20/h4-12H,13H2,1-3H3. The molecule has 0 aliphatic carbocycles. The van der Waals surface area contributed by atoms with E-state index in [0.717, 1.165) is 22.6 Å². The van der Waals surface area contributed by atoms with Crippen molar-refractivity contribution >= 4 is 29.0 Å². The lowest BCUT2D eigenvalue weighted by Crippen LogP contribution is -2.31. The molecular formula is C22H20ClN5O. The van der Waals surface area contributed by atoms with E-state index in [2.05, 4.69) is 15.1 Å². The van der Waals surface area contributed by atoms with Crippen LogP contribution in [0.3, 0.4) is 0 Å². The lowest BCUT2D eigenvalue weighted by Gasteiger charge is -2.22. The van der Waals surface area contributed by atoms with Gasteiger partial charge in [-0.25, -0.2) is 9.50 Å². The number of halogens is 1. The van der Waals surface area contributed by atoms with Crippen molar-refractivity contribution in [2.45, 2.75) is 27.3 Å². The number of nitrogens with zero attached hydrogens (tertiary/aromatic N) is 5. The Balaban J connectivity index is 1.76. The molecule has 146 valence electrons. The molecule has 0 saturated carbocycles. The molecule has 2 heterocycles. The lowest BCUT2D eigenvalue weighted by molar-refractivity contribution is 0.0984. The fraction of sp³-hybridized carbons (Fsp3) is 0.182. The van der Waals surface area contributed by atoms with Crippen LogP contribution in [0.4, 0.5) is 5.69 Å². The highest BCUT2D eigenvalue weighted by molar-refractivity contribution is 6.34. The molecule has 0 aliphatic heterocycles. The zero-order chi connectivity index (χ0) is 20.5. The van der Waals surface area contributed by atoms with Gasteiger partial charge in [0.05, 0.1) is 17.1 Å². The summed E-state index contributed by atoms with van der Waals surface area (Å²) in [7, 11) is 0. The molecule has 7 heteroatoms. The number of aromatic nitrogens is 4. The first-order chi connectivity index (χ1) is 13.9. The average molecular weight is 406 g/mol. The van der Waals surface area contributed by atoms with E-state index in [-0.39, 0.29) is 12.5 Å². The van der Waals surface area contributed by atoms with Gasteiger partial charge in [0, 0.05) is 17.1 Å². The van der Waals surface area contributed by atoms with E-state index in [1.165, 1.54) is 0 Å². The average Bonchev–Trinajstić information content (AvgIpc) is 3.10. The maximum atomic E-state index is 13.4. The van der Waals surface area contributed by atoms with E-state index in [0.29, 0.717) is 22.2 Å². The Morgan fingerprint density at radius 3 is 2.48 bits per heavy atom. The van der Waals surface area contributed by atoms with Gasteiger partial charge in [0.25, 0.3) is 11.7 Å². The predicted octanol–water partition coefficient (Wildman–Crippen LogP) is 4.55. The van der Waals surface area contributed by atoms with Crippen LogP contribution < -0.4 is 4.90 Å². The molecule has 0 atom stereocenters. The third-order valence-corrected chi connectivity index (χ3v) is 4.99. The Hall–Kier alpha value is -3.25. The topological polar surface area (TPSA) is 63.4 Å². The third-order valence-electron chi connectivity index (χ3n) is 4.66. The van der Waals surface area contributed by atoms with Crippen LogP contribution in [-0.4, -0.2) is 25.5 Å². The molecule has 4 rings (SSSR count). The van der Waals surface area contributed by atoms with Crippen LogP contribution in [-0.2, 0) is 6.54 Å². The Kier molecular flexibility index (Phi) is 5.03. The van der Waals surface area contributed by atoms with Crippen molar-refractivity contribution in [1.82, 2.24) is 19.6 Å². The summed E-state index contributed by atoms with van der Waals surface area (Å²) in [5, 5.41) is 4.96. The molecule has 0 aliphatic rings. The van der Waals surface area contributed by atoms with Crippen LogP contribution >= 0.6 is 11.6 Å². The summed E-state index contributed by atoms with van der Waals surface area (Å²) in [6, 6.07) is 16.7. The molecule has 6 nitrogen and oxygen atoms in total. The molecule has 0 N–H and O–H groups in total. The van der Waals surface area contributed by atoms with Crippen LogP contribution in [0.1, 0.15) is 33.1 Å². The van der Waals surface area contributed by atoms with Crippen LogP contribution in [0.25, 0.3) is 5.78 Å². The van der Waals surface area contributed by atoms with Crippen molar-refractivity contribution in [1.29, 1.82) is 0 Å². The first-order valence-corrected chi connectivity index (χ1v) is 9.63. The number of aryl methyl sites for hydroxylation is 3. The summed E-state index contributed by atoms with van der Waals surface area (Å²) in [6.07, 6.45) is 0. The number of amides is 1. The highest BCUT2D eigenvalue weighted by Crippen LogP contribution is 2.24. The number of benzene rings is 2. The Bertz CT molecular complexity index is 1200. The van der Waals surface area contributed by atoms with Gasteiger partial charge < -0.3 is 4.90 Å². The second kappa shape index (κ2) is 7.64. The second-order valence-electron chi connectivity index (χ2n) is 6.99. The fourth-order valence-electron chi connectivity index (χ4n) is 3.20. The van der Waals surface area contributed by atoms with Gasteiger partial charge in [-0.1, -0.05) is 41.4 Å². The number of carbonyl (C=O) groups is 1. The number of carbonyl (C=O) groups excluding carboxylic acids is 1. The van der Waals surface area contributed by atoms with Crippen molar-refractivity contribution in [3.05, 3.63) is 88.0 Å². The summed E-state index contributed by atoms with van der Waals surface area (Å²) >= 11 is 6.29. The number of rotatable bonds is 4. The number of fused-ring (bicyclic) bond motifs is 1. The van der Waals surface area contributed by atoms with E-state index < -0.39 is 0 Å². The predicted molar refractivity (Wildman–Crippen MR) is 113 cm³/mol. The van der Waals surface area contributed by atoms with E-state index in [1.54, 1.807) is 33.7 Å². The molecule has 0 fully saturated rings. The molecular weight excluding hydrogens is 386 g/mol. The van der Waals surface area contributed by atoms with Gasteiger partial charge in [-0.2, -0.15) is 4.98 Å². The highest BCUT2D eigenvalue weighted by Gasteiger charge is 2.22. The van der Waals surface area contributed by atoms with E-state index >= 15 is 0 Å². The molecule has 4 aromatic rings. The van der Waals surface area contributed by atoms with Crippen LogP contribution in [0.2, 0.25) is 5.02 Å². The normalized spacial score (nSPS) is 11.0. The first kappa shape index (κ1) is 19.1. The zero-order valence-electron chi connectivity index (χ0n) is 16.4. The molecule has 2 aromatic heterocycles. The first-order valence-electron chi connectivity index (χ1n) is 9.25. The molecule has 1 amide bonds. The summed E-state index contributed by atoms with van der Waals surface area (Å²) in [6.45, 7) is 6.08. The van der Waals surface area contributed by atoms with Crippen LogP contribution in [0.15, 0.2) is 54.6 Å². The Labute approximate surface area is 173 Å². The van der Waals surface area contributed by atoms with Crippen molar-refractivity contribution in [2.24, 2.45) is 0 Å². The highest BCUT2D eigenvalue weighted by atomic mass is 35.5. The van der Waals surface area contributed by atoms with Gasteiger partial charge in [-0.15, -0.1) is 5.10 Å². The molecule has 0 spiro atoms. The SMILES string of the molecule is Cc1ccc(N(Cc2nc3nc(C)cc(C)n3n2)C(=O)c2ccccc2Cl)cc1. The van der Waals surface area contributed by atoms with Gasteiger partial charge in [-0.3, -0.25) is 4.79 Å². The van der Waals surface area contributed by atoms with Crippen molar-refractivity contribution in [3.63, 3.8) is 0 Å². The minimum Gasteiger partial charge on any atom is -0.301 e. The summed E-state index contributed by atoms with van der Waals surface area (Å²) < 4.78 is 1.69. The lowest BCUT2D eigenvalue weighted by atomic mass is 10.1. The van der Waals surface area contributed by atoms with Crippen molar-refractivity contribution < 1.29 is 4.79 Å². The monoisotopic (exact) mass is 405 g/mol. The number of anilines is 1. The molecule has 29 heavy (non-hydrogen) atoms. The van der Waals surface area contributed by atoms with Crippen LogP contribution in [0, 0.1) is 20.8 Å². The van der Waals surface area contributed by atoms with Crippen LogP contribution in [0.5, 0.6) is 0 Å². The molecule has 2 aromatic carbocycles. The quantitative estimate of drug-likeness (QED) is 0.499. The largest absolute Gasteiger partial charge is 0.301 e. The van der Waals surface area contributed by atoms with E-state index in [9.17, 15) is 4.79 Å². The Morgan fingerprint density at radius 2 is 1.76 bits per heavy atom.